The molecule has 1 aromatic rings. The minimum absolute atomic E-state index is 0.201. The molecule has 108 valence electrons. The predicted octanol–water partition coefficient (Wildman–Crippen LogP) is 2.61. The standard InChI is InChI=1S/C14H16BrNO4/c1-19-14(18)11-4-2-3-9-16(11)13(17)8-6-10-5-7-12(15)20-10/h5-8,11H,2-4,9H2,1H3/b8-6+. The topological polar surface area (TPSA) is 59.8 Å². The van der Waals surface area contributed by atoms with Gasteiger partial charge in [-0.1, -0.05) is 0 Å². The summed E-state index contributed by atoms with van der Waals surface area (Å²) in [4.78, 5) is 25.4. The minimum atomic E-state index is -0.478. The normalized spacial score (nSPS) is 19.3. The van der Waals surface area contributed by atoms with E-state index in [1.54, 1.807) is 23.1 Å². The van der Waals surface area contributed by atoms with Gasteiger partial charge in [-0.25, -0.2) is 4.79 Å². The first-order valence-electron chi connectivity index (χ1n) is 6.43. The van der Waals surface area contributed by atoms with Gasteiger partial charge in [0.2, 0.25) is 5.91 Å². The monoisotopic (exact) mass is 341 g/mol. The van der Waals surface area contributed by atoms with Gasteiger partial charge < -0.3 is 14.1 Å². The van der Waals surface area contributed by atoms with Crippen molar-refractivity contribution in [3.8, 4) is 0 Å². The summed E-state index contributed by atoms with van der Waals surface area (Å²) in [6, 6.07) is 3.03. The fourth-order valence-electron chi connectivity index (χ4n) is 2.24. The second-order valence-electron chi connectivity index (χ2n) is 4.54. The quantitative estimate of drug-likeness (QED) is 0.626. The van der Waals surface area contributed by atoms with E-state index in [2.05, 4.69) is 15.9 Å². The Hall–Kier alpha value is -1.56. The van der Waals surface area contributed by atoms with Crippen LogP contribution in [0, 0.1) is 0 Å². The number of ether oxygens (including phenoxy) is 1. The van der Waals surface area contributed by atoms with Gasteiger partial charge in [0.1, 0.15) is 11.8 Å². The molecule has 0 radical (unpaired) electrons. The Labute approximate surface area is 125 Å². The molecule has 0 N–H and O–H groups in total. The number of methoxy groups -OCH3 is 1. The Morgan fingerprint density at radius 2 is 2.25 bits per heavy atom. The van der Waals surface area contributed by atoms with Crippen molar-refractivity contribution in [2.75, 3.05) is 13.7 Å². The van der Waals surface area contributed by atoms with Crippen molar-refractivity contribution in [3.05, 3.63) is 28.6 Å². The lowest BCUT2D eigenvalue weighted by Crippen LogP contribution is -2.47. The second-order valence-corrected chi connectivity index (χ2v) is 5.32. The number of amides is 1. The first-order valence-corrected chi connectivity index (χ1v) is 7.23. The highest BCUT2D eigenvalue weighted by atomic mass is 79.9. The number of halogens is 1. The maximum atomic E-state index is 12.2. The molecule has 1 fully saturated rings. The van der Waals surface area contributed by atoms with Gasteiger partial charge in [0.15, 0.2) is 4.67 Å². The average Bonchev–Trinajstić information content (AvgIpc) is 2.89. The van der Waals surface area contributed by atoms with Gasteiger partial charge in [0.05, 0.1) is 7.11 Å². The SMILES string of the molecule is COC(=O)C1CCCCN1C(=O)/C=C/c1ccc(Br)o1. The van der Waals surface area contributed by atoms with Crippen LogP contribution in [0.3, 0.4) is 0 Å². The fourth-order valence-corrected chi connectivity index (χ4v) is 2.56. The molecule has 0 bridgehead atoms. The summed E-state index contributed by atoms with van der Waals surface area (Å²) in [6.07, 6.45) is 5.50. The van der Waals surface area contributed by atoms with Crippen molar-refractivity contribution < 1.29 is 18.7 Å². The predicted molar refractivity (Wildman–Crippen MR) is 76.8 cm³/mol. The average molecular weight is 342 g/mol. The number of hydrogen-bond acceptors (Lipinski definition) is 4. The van der Waals surface area contributed by atoms with Crippen LogP contribution in [0.2, 0.25) is 0 Å². The molecule has 2 rings (SSSR count). The molecule has 6 heteroatoms. The van der Waals surface area contributed by atoms with E-state index in [-0.39, 0.29) is 11.9 Å². The molecule has 1 aromatic heterocycles. The zero-order valence-corrected chi connectivity index (χ0v) is 12.8. The van der Waals surface area contributed by atoms with Crippen LogP contribution in [0.4, 0.5) is 0 Å². The van der Waals surface area contributed by atoms with Gasteiger partial charge in [-0.2, -0.15) is 0 Å². The first kappa shape index (κ1) is 14.8. The number of carbonyl (C=O) groups is 2. The van der Waals surface area contributed by atoms with E-state index in [4.69, 9.17) is 9.15 Å². The molecule has 20 heavy (non-hydrogen) atoms. The molecule has 5 nitrogen and oxygen atoms in total. The Morgan fingerprint density at radius 3 is 2.90 bits per heavy atom. The summed E-state index contributed by atoms with van der Waals surface area (Å²) in [5, 5.41) is 0. The number of likely N-dealkylation sites (tertiary alicyclic amines) is 1. The van der Waals surface area contributed by atoms with Crippen molar-refractivity contribution in [2.45, 2.75) is 25.3 Å². The Balaban J connectivity index is 2.06. The Morgan fingerprint density at radius 1 is 1.45 bits per heavy atom. The van der Waals surface area contributed by atoms with E-state index in [0.717, 1.165) is 12.8 Å². The van der Waals surface area contributed by atoms with E-state index in [1.165, 1.54) is 13.2 Å². The van der Waals surface area contributed by atoms with Crippen molar-refractivity contribution in [1.29, 1.82) is 0 Å². The molecule has 1 aliphatic rings. The van der Waals surface area contributed by atoms with Crippen molar-refractivity contribution in [1.82, 2.24) is 4.90 Å². The molecule has 0 aliphatic carbocycles. The van der Waals surface area contributed by atoms with Crippen LogP contribution in [0.5, 0.6) is 0 Å². The maximum Gasteiger partial charge on any atom is 0.328 e. The summed E-state index contributed by atoms with van der Waals surface area (Å²) < 4.78 is 10.6. The second kappa shape index (κ2) is 6.74. The maximum absolute atomic E-state index is 12.2. The molecule has 0 spiro atoms. The van der Waals surface area contributed by atoms with E-state index < -0.39 is 6.04 Å². The Kier molecular flexibility index (Phi) is 5.00. The van der Waals surface area contributed by atoms with Gasteiger partial charge >= 0.3 is 5.97 Å². The number of furan rings is 1. The first-order chi connectivity index (χ1) is 9.61. The zero-order valence-electron chi connectivity index (χ0n) is 11.2. The third-order valence-electron chi connectivity index (χ3n) is 3.24. The van der Waals surface area contributed by atoms with Gasteiger partial charge in [-0.05, 0) is 53.4 Å². The van der Waals surface area contributed by atoms with Crippen LogP contribution in [0.15, 0.2) is 27.3 Å². The summed E-state index contributed by atoms with van der Waals surface area (Å²) >= 11 is 3.20. The third kappa shape index (κ3) is 3.50. The fraction of sp³-hybridized carbons (Fsp3) is 0.429. The highest BCUT2D eigenvalue weighted by Crippen LogP contribution is 2.19. The molecule has 1 atom stereocenters. The molecule has 1 aliphatic heterocycles. The van der Waals surface area contributed by atoms with Gasteiger partial charge in [0, 0.05) is 12.6 Å². The number of nitrogens with zero attached hydrogens (tertiary/aromatic N) is 1. The van der Waals surface area contributed by atoms with Crippen LogP contribution in [0.1, 0.15) is 25.0 Å². The highest BCUT2D eigenvalue weighted by Gasteiger charge is 2.31. The molecule has 1 amide bonds. The third-order valence-corrected chi connectivity index (χ3v) is 3.67. The molecule has 1 unspecified atom stereocenters. The Bertz CT molecular complexity index is 523. The highest BCUT2D eigenvalue weighted by molar-refractivity contribution is 9.10. The van der Waals surface area contributed by atoms with E-state index in [0.29, 0.717) is 23.4 Å². The molecular formula is C14H16BrNO4. The lowest BCUT2D eigenvalue weighted by Gasteiger charge is -2.32. The molecule has 0 saturated carbocycles. The van der Waals surface area contributed by atoms with Crippen LogP contribution in [0.25, 0.3) is 6.08 Å². The molecule has 1 saturated heterocycles. The zero-order chi connectivity index (χ0) is 14.5. The lowest BCUT2D eigenvalue weighted by molar-refractivity contribution is -0.153. The molecule has 2 heterocycles. The van der Waals surface area contributed by atoms with Crippen LogP contribution < -0.4 is 0 Å². The van der Waals surface area contributed by atoms with Gasteiger partial charge in [-0.15, -0.1) is 0 Å². The number of esters is 1. The number of hydrogen-bond donors (Lipinski definition) is 0. The molecular weight excluding hydrogens is 326 g/mol. The largest absolute Gasteiger partial charge is 0.467 e. The van der Waals surface area contributed by atoms with Crippen molar-refractivity contribution in [2.24, 2.45) is 0 Å². The summed E-state index contributed by atoms with van der Waals surface area (Å²) in [5.41, 5.74) is 0. The smallest absolute Gasteiger partial charge is 0.328 e. The number of rotatable bonds is 3. The molecule has 0 aromatic carbocycles. The summed E-state index contributed by atoms with van der Waals surface area (Å²) in [7, 11) is 1.34. The minimum Gasteiger partial charge on any atom is -0.467 e. The van der Waals surface area contributed by atoms with Gasteiger partial charge in [0.25, 0.3) is 0 Å². The van der Waals surface area contributed by atoms with E-state index in [1.807, 2.05) is 0 Å². The van der Waals surface area contributed by atoms with Crippen LogP contribution in [-0.2, 0) is 14.3 Å². The number of carbonyl (C=O) groups excluding carboxylic acids is 2. The lowest BCUT2D eigenvalue weighted by atomic mass is 10.0. The van der Waals surface area contributed by atoms with E-state index in [9.17, 15) is 9.59 Å². The number of piperidine rings is 1. The van der Waals surface area contributed by atoms with Crippen molar-refractivity contribution in [3.63, 3.8) is 0 Å². The van der Waals surface area contributed by atoms with Gasteiger partial charge in [-0.3, -0.25) is 4.79 Å². The van der Waals surface area contributed by atoms with Crippen LogP contribution in [-0.4, -0.2) is 36.5 Å². The van der Waals surface area contributed by atoms with E-state index >= 15 is 0 Å². The summed E-state index contributed by atoms with van der Waals surface area (Å²) in [6.45, 7) is 0.574. The van der Waals surface area contributed by atoms with Crippen molar-refractivity contribution >= 4 is 33.9 Å². The van der Waals surface area contributed by atoms with Crippen LogP contribution >= 0.6 is 15.9 Å². The summed E-state index contributed by atoms with van der Waals surface area (Å²) in [5.74, 6) is 0.0247.